The number of pyridine rings is 1. The summed E-state index contributed by atoms with van der Waals surface area (Å²) in [6.07, 6.45) is -3.84. The molecule has 1 aromatic heterocycles. The summed E-state index contributed by atoms with van der Waals surface area (Å²) >= 11 is 7.93. The van der Waals surface area contributed by atoms with Crippen molar-refractivity contribution in [1.29, 1.82) is 0 Å². The number of alkyl halides is 3. The highest BCUT2D eigenvalue weighted by molar-refractivity contribution is 7.98. The van der Waals surface area contributed by atoms with Crippen LogP contribution < -0.4 is 11.3 Å². The van der Waals surface area contributed by atoms with E-state index in [9.17, 15) is 32.3 Å². The van der Waals surface area contributed by atoms with Gasteiger partial charge in [-0.15, -0.1) is 11.8 Å². The van der Waals surface area contributed by atoms with Crippen molar-refractivity contribution in [3.8, 4) is 5.75 Å². The second kappa shape index (κ2) is 10.3. The summed E-state index contributed by atoms with van der Waals surface area (Å²) in [5.41, 5.74) is 0.483. The molecular formula is C25H22ClF4N3O3S. The van der Waals surface area contributed by atoms with Gasteiger partial charge in [-0.05, 0) is 48.2 Å². The van der Waals surface area contributed by atoms with Crippen LogP contribution in [-0.4, -0.2) is 39.4 Å². The van der Waals surface area contributed by atoms with Crippen LogP contribution in [-0.2, 0) is 5.75 Å². The van der Waals surface area contributed by atoms with E-state index < -0.39 is 53.3 Å². The molecule has 2 heterocycles. The Kier molecular flexibility index (Phi) is 7.48. The highest BCUT2D eigenvalue weighted by atomic mass is 35.5. The normalized spacial score (nSPS) is 15.9. The maximum Gasteiger partial charge on any atom is 0.408 e. The number of nitrogens with zero attached hydrogens (tertiary/aromatic N) is 2. The molecular weight excluding hydrogens is 534 g/mol. The highest BCUT2D eigenvalue weighted by Gasteiger charge is 2.43. The zero-order valence-corrected chi connectivity index (χ0v) is 21.0. The van der Waals surface area contributed by atoms with Crippen LogP contribution >= 0.6 is 23.4 Å². The molecule has 6 nitrogen and oxygen atoms in total. The molecule has 4 rings (SSSR count). The lowest BCUT2D eigenvalue weighted by Gasteiger charge is -2.33. The lowest BCUT2D eigenvalue weighted by atomic mass is 9.85. The first-order valence-corrected chi connectivity index (χ1v) is 12.5. The number of nitrogens with two attached hydrogens (primary N) is 1. The van der Waals surface area contributed by atoms with Crippen LogP contribution in [0.2, 0.25) is 5.02 Å². The number of amides is 1. The molecule has 0 bridgehead atoms. The molecule has 1 amide bonds. The fraction of sp³-hybridized carbons (Fsp3) is 0.280. The molecule has 2 aromatic carbocycles. The number of aromatic nitrogens is 1. The predicted octanol–water partition coefficient (Wildman–Crippen LogP) is 5.28. The average Bonchev–Trinajstić information content (AvgIpc) is 2.98. The lowest BCUT2D eigenvalue weighted by molar-refractivity contribution is -0.172. The summed E-state index contributed by atoms with van der Waals surface area (Å²) in [6.45, 7) is 0.378. The molecule has 1 aliphatic rings. The van der Waals surface area contributed by atoms with E-state index in [1.165, 1.54) is 23.9 Å². The summed E-state index contributed by atoms with van der Waals surface area (Å²) < 4.78 is 56.2. The van der Waals surface area contributed by atoms with E-state index in [2.05, 4.69) is 0 Å². The van der Waals surface area contributed by atoms with Gasteiger partial charge < -0.3 is 15.8 Å². The van der Waals surface area contributed by atoms with E-state index in [-0.39, 0.29) is 6.42 Å². The van der Waals surface area contributed by atoms with Gasteiger partial charge in [0.15, 0.2) is 11.4 Å². The first-order chi connectivity index (χ1) is 17.4. The molecule has 0 spiro atoms. The first kappa shape index (κ1) is 26.9. The highest BCUT2D eigenvalue weighted by Crippen LogP contribution is 2.45. The van der Waals surface area contributed by atoms with Gasteiger partial charge in [0.05, 0.1) is 0 Å². The molecule has 12 heteroatoms. The lowest BCUT2D eigenvalue weighted by Crippen LogP contribution is -2.49. The van der Waals surface area contributed by atoms with Crippen LogP contribution in [0.4, 0.5) is 17.6 Å². The molecule has 196 valence electrons. The molecule has 0 fully saturated rings. The predicted molar refractivity (Wildman–Crippen MR) is 133 cm³/mol. The molecule has 0 aliphatic carbocycles. The van der Waals surface area contributed by atoms with Crippen molar-refractivity contribution in [3.05, 3.63) is 92.1 Å². The minimum Gasteiger partial charge on any atom is -0.502 e. The smallest absolute Gasteiger partial charge is 0.408 e. The second-order valence-corrected chi connectivity index (χ2v) is 10.0. The Labute approximate surface area is 218 Å². The van der Waals surface area contributed by atoms with Crippen LogP contribution in [0.3, 0.4) is 0 Å². The van der Waals surface area contributed by atoms with Crippen LogP contribution in [0.15, 0.2) is 58.4 Å². The standard InChI is InChI=1S/C25H22ClF4N3O3S/c1-13(25(28,29)30)32(24(36)22-23(35)19(34)8-10-33(22)31)9-7-17-16-6-5-15(27)11-20(16)37-12-14-3-2-4-18(26)21(14)17/h2-6,8,10-11,13,17,35H,7,9,12,31H2,1H3/t13-,17-/m1/s1. The average molecular weight is 556 g/mol. The van der Waals surface area contributed by atoms with E-state index in [4.69, 9.17) is 17.4 Å². The SMILES string of the molecule is C[C@@H](N(CC[C@@H]1c2ccc(F)cc2SCc2cccc(Cl)c21)C(=O)c1c(O)c(=O)ccn1N)C(F)(F)F. The number of thioether (sulfide) groups is 1. The third-order valence-electron chi connectivity index (χ3n) is 6.39. The van der Waals surface area contributed by atoms with Crippen molar-refractivity contribution in [2.45, 2.75) is 42.1 Å². The quantitative estimate of drug-likeness (QED) is 0.330. The van der Waals surface area contributed by atoms with Gasteiger partial charge in [0, 0.05) is 40.4 Å². The summed E-state index contributed by atoms with van der Waals surface area (Å²) in [4.78, 5) is 26.4. The van der Waals surface area contributed by atoms with Crippen molar-refractivity contribution in [2.24, 2.45) is 0 Å². The van der Waals surface area contributed by atoms with E-state index in [1.807, 2.05) is 6.07 Å². The zero-order valence-electron chi connectivity index (χ0n) is 19.4. The fourth-order valence-corrected chi connectivity index (χ4v) is 5.90. The van der Waals surface area contributed by atoms with Crippen LogP contribution in [0.25, 0.3) is 0 Å². The van der Waals surface area contributed by atoms with Gasteiger partial charge in [-0.25, -0.2) is 4.39 Å². The topological polar surface area (TPSA) is 88.6 Å². The number of carbonyl (C=O) groups excluding carboxylic acids is 1. The Bertz CT molecular complexity index is 1410. The zero-order chi connectivity index (χ0) is 27.1. The Morgan fingerprint density at radius 1 is 1.30 bits per heavy atom. The van der Waals surface area contributed by atoms with Gasteiger partial charge in [0.2, 0.25) is 5.43 Å². The third-order valence-corrected chi connectivity index (χ3v) is 7.84. The summed E-state index contributed by atoms with van der Waals surface area (Å²) in [7, 11) is 0. The summed E-state index contributed by atoms with van der Waals surface area (Å²) in [5, 5.41) is 10.6. The molecule has 37 heavy (non-hydrogen) atoms. The maximum absolute atomic E-state index is 14.0. The van der Waals surface area contributed by atoms with Crippen molar-refractivity contribution in [3.63, 3.8) is 0 Å². The van der Waals surface area contributed by atoms with Gasteiger partial charge in [0.25, 0.3) is 5.91 Å². The third kappa shape index (κ3) is 5.28. The molecule has 0 saturated heterocycles. The number of aromatic hydroxyl groups is 1. The van der Waals surface area contributed by atoms with E-state index in [0.717, 1.165) is 24.8 Å². The van der Waals surface area contributed by atoms with Crippen LogP contribution in [0, 0.1) is 5.82 Å². The number of hydrogen-bond donors (Lipinski definition) is 2. The van der Waals surface area contributed by atoms with Gasteiger partial charge in [-0.3, -0.25) is 14.3 Å². The number of hydrogen-bond acceptors (Lipinski definition) is 5. The van der Waals surface area contributed by atoms with Gasteiger partial charge in [-0.2, -0.15) is 13.2 Å². The number of nitrogen functional groups attached to an aromatic ring is 1. The Hall–Kier alpha value is -3.18. The largest absolute Gasteiger partial charge is 0.502 e. The summed E-state index contributed by atoms with van der Waals surface area (Å²) in [5.74, 6) is 2.84. The molecule has 0 radical (unpaired) electrons. The van der Waals surface area contributed by atoms with Gasteiger partial charge >= 0.3 is 6.18 Å². The Morgan fingerprint density at radius 2 is 2.03 bits per heavy atom. The summed E-state index contributed by atoms with van der Waals surface area (Å²) in [6, 6.07) is 8.10. The molecule has 2 atom stereocenters. The number of carbonyl (C=O) groups is 1. The number of rotatable bonds is 5. The van der Waals surface area contributed by atoms with Crippen molar-refractivity contribution >= 4 is 29.3 Å². The first-order valence-electron chi connectivity index (χ1n) is 11.2. The van der Waals surface area contributed by atoms with Crippen molar-refractivity contribution < 1.29 is 27.5 Å². The second-order valence-electron chi connectivity index (χ2n) is 8.63. The fourth-order valence-electron chi connectivity index (χ4n) is 4.43. The van der Waals surface area contributed by atoms with Crippen molar-refractivity contribution in [1.82, 2.24) is 9.58 Å². The van der Waals surface area contributed by atoms with Crippen LogP contribution in [0.5, 0.6) is 5.75 Å². The Morgan fingerprint density at radius 3 is 2.73 bits per heavy atom. The Balaban J connectivity index is 1.78. The maximum atomic E-state index is 14.0. The molecule has 3 aromatic rings. The van der Waals surface area contributed by atoms with Crippen molar-refractivity contribution in [2.75, 3.05) is 12.4 Å². The monoisotopic (exact) mass is 555 g/mol. The number of fused-ring (bicyclic) bond motifs is 2. The molecule has 0 saturated carbocycles. The number of benzene rings is 2. The number of halogens is 5. The minimum atomic E-state index is -4.81. The van der Waals surface area contributed by atoms with E-state index in [1.54, 1.807) is 18.2 Å². The minimum absolute atomic E-state index is 0.00944. The molecule has 0 unspecified atom stereocenters. The van der Waals surface area contributed by atoms with Gasteiger partial charge in [0.1, 0.15) is 11.9 Å². The van der Waals surface area contributed by atoms with Gasteiger partial charge in [-0.1, -0.05) is 29.8 Å². The van der Waals surface area contributed by atoms with E-state index in [0.29, 0.717) is 36.4 Å². The van der Waals surface area contributed by atoms with E-state index >= 15 is 0 Å². The molecule has 1 aliphatic heterocycles. The molecule has 3 N–H and O–H groups in total. The van der Waals surface area contributed by atoms with Crippen LogP contribution in [0.1, 0.15) is 46.4 Å².